The van der Waals surface area contributed by atoms with Crippen molar-refractivity contribution in [1.82, 2.24) is 10.2 Å². The fourth-order valence-corrected chi connectivity index (χ4v) is 2.26. The number of benzene rings is 1. The van der Waals surface area contributed by atoms with Crippen LogP contribution in [0.3, 0.4) is 0 Å². The first-order valence-electron chi connectivity index (χ1n) is 7.39. The van der Waals surface area contributed by atoms with Crippen molar-refractivity contribution in [2.45, 2.75) is 38.3 Å². The Morgan fingerprint density at radius 1 is 1.43 bits per heavy atom. The fraction of sp³-hybridized carbons (Fsp3) is 0.500. The number of carbonyl (C=O) groups is 1. The fourth-order valence-electron chi connectivity index (χ4n) is 2.26. The van der Waals surface area contributed by atoms with Crippen LogP contribution in [0.25, 0.3) is 0 Å². The molecule has 0 bridgehead atoms. The average molecular weight is 287 g/mol. The first-order chi connectivity index (χ1) is 10.2. The number of unbranched alkanes of at least 4 members (excludes halogenated alkanes) is 1. The maximum absolute atomic E-state index is 12.2. The third kappa shape index (κ3) is 4.76. The Balaban J connectivity index is 1.85. The van der Waals surface area contributed by atoms with E-state index < -0.39 is 0 Å². The zero-order valence-electron chi connectivity index (χ0n) is 12.1. The van der Waals surface area contributed by atoms with Gasteiger partial charge in [0.25, 0.3) is 0 Å². The van der Waals surface area contributed by atoms with Gasteiger partial charge in [0.1, 0.15) is 0 Å². The normalized spacial score (nSPS) is 13.5. The van der Waals surface area contributed by atoms with Crippen molar-refractivity contribution in [3.8, 4) is 6.07 Å². The average Bonchev–Trinajstić information content (AvgIpc) is 3.34. The number of amides is 2. The highest BCUT2D eigenvalue weighted by Crippen LogP contribution is 2.27. The molecule has 2 amide bonds. The Morgan fingerprint density at radius 2 is 2.24 bits per heavy atom. The van der Waals surface area contributed by atoms with Crippen molar-refractivity contribution >= 4 is 6.03 Å². The van der Waals surface area contributed by atoms with Crippen LogP contribution in [-0.2, 0) is 6.54 Å². The van der Waals surface area contributed by atoms with Crippen LogP contribution >= 0.6 is 0 Å². The first-order valence-corrected chi connectivity index (χ1v) is 7.39. The number of nitriles is 1. The maximum Gasteiger partial charge on any atom is 0.317 e. The molecule has 1 aromatic rings. The standard InChI is InChI=1S/C16H21N3O2/c17-11-13-4-3-5-14(10-13)12-18-16(21)19(15-6-7-15)8-1-2-9-20/h3-5,10,15,20H,1-2,6-9,12H2,(H,18,21). The number of carbonyl (C=O) groups excluding carboxylic acids is 1. The van der Waals surface area contributed by atoms with Crippen LogP contribution in [0.15, 0.2) is 24.3 Å². The Bertz CT molecular complexity index is 520. The number of nitrogens with zero attached hydrogens (tertiary/aromatic N) is 2. The van der Waals surface area contributed by atoms with E-state index in [-0.39, 0.29) is 12.6 Å². The van der Waals surface area contributed by atoms with Gasteiger partial charge in [-0.3, -0.25) is 0 Å². The molecule has 1 saturated carbocycles. The quantitative estimate of drug-likeness (QED) is 0.753. The number of urea groups is 1. The lowest BCUT2D eigenvalue weighted by Crippen LogP contribution is -2.41. The summed E-state index contributed by atoms with van der Waals surface area (Å²) >= 11 is 0. The van der Waals surface area contributed by atoms with Crippen molar-refractivity contribution < 1.29 is 9.90 Å². The molecule has 0 aromatic heterocycles. The Kier molecular flexibility index (Phi) is 5.59. The molecule has 0 unspecified atom stereocenters. The summed E-state index contributed by atoms with van der Waals surface area (Å²) < 4.78 is 0. The summed E-state index contributed by atoms with van der Waals surface area (Å²) in [4.78, 5) is 14.1. The van der Waals surface area contributed by atoms with Crippen LogP contribution in [0.2, 0.25) is 0 Å². The van der Waals surface area contributed by atoms with Crippen LogP contribution < -0.4 is 5.32 Å². The molecule has 21 heavy (non-hydrogen) atoms. The Labute approximate surface area is 125 Å². The number of hydrogen-bond donors (Lipinski definition) is 2. The second-order valence-electron chi connectivity index (χ2n) is 5.33. The van der Waals surface area contributed by atoms with Gasteiger partial charge in [-0.05, 0) is 43.4 Å². The molecule has 0 heterocycles. The summed E-state index contributed by atoms with van der Waals surface area (Å²) in [6.07, 6.45) is 3.68. The van der Waals surface area contributed by atoms with Gasteiger partial charge in [0, 0.05) is 25.7 Å². The molecule has 1 fully saturated rings. The summed E-state index contributed by atoms with van der Waals surface area (Å²) in [5.74, 6) is 0. The van der Waals surface area contributed by atoms with Gasteiger partial charge in [0.05, 0.1) is 11.6 Å². The molecule has 1 aliphatic carbocycles. The molecule has 112 valence electrons. The van der Waals surface area contributed by atoms with Gasteiger partial charge in [0.2, 0.25) is 0 Å². The van der Waals surface area contributed by atoms with Gasteiger partial charge in [-0.2, -0.15) is 5.26 Å². The number of hydrogen-bond acceptors (Lipinski definition) is 3. The van der Waals surface area contributed by atoms with Crippen LogP contribution in [0.5, 0.6) is 0 Å². The molecule has 1 aliphatic rings. The minimum atomic E-state index is -0.0576. The highest BCUT2D eigenvalue weighted by Gasteiger charge is 2.31. The predicted molar refractivity (Wildman–Crippen MR) is 79.4 cm³/mol. The summed E-state index contributed by atoms with van der Waals surface area (Å²) in [7, 11) is 0. The molecular weight excluding hydrogens is 266 g/mol. The summed E-state index contributed by atoms with van der Waals surface area (Å²) in [6, 6.07) is 9.64. The Morgan fingerprint density at radius 3 is 2.90 bits per heavy atom. The molecule has 0 atom stereocenters. The molecule has 5 heteroatoms. The van der Waals surface area contributed by atoms with Crippen molar-refractivity contribution in [3.63, 3.8) is 0 Å². The zero-order chi connectivity index (χ0) is 15.1. The lowest BCUT2D eigenvalue weighted by Gasteiger charge is -2.22. The lowest BCUT2D eigenvalue weighted by molar-refractivity contribution is 0.190. The third-order valence-electron chi connectivity index (χ3n) is 3.56. The van der Waals surface area contributed by atoms with Gasteiger partial charge in [0.15, 0.2) is 0 Å². The second-order valence-corrected chi connectivity index (χ2v) is 5.33. The van der Waals surface area contributed by atoms with Crippen LogP contribution in [0.1, 0.15) is 36.8 Å². The van der Waals surface area contributed by atoms with E-state index in [0.717, 1.165) is 31.2 Å². The molecule has 2 N–H and O–H groups in total. The third-order valence-corrected chi connectivity index (χ3v) is 3.56. The highest BCUT2D eigenvalue weighted by atomic mass is 16.3. The van der Waals surface area contributed by atoms with Gasteiger partial charge in [-0.1, -0.05) is 12.1 Å². The molecule has 0 radical (unpaired) electrons. The molecular formula is C16H21N3O2. The molecule has 2 rings (SSSR count). The summed E-state index contributed by atoms with van der Waals surface area (Å²) in [6.45, 7) is 1.29. The molecule has 1 aromatic carbocycles. The van der Waals surface area contributed by atoms with Crippen LogP contribution in [-0.4, -0.2) is 35.2 Å². The van der Waals surface area contributed by atoms with Crippen molar-refractivity contribution in [2.75, 3.05) is 13.2 Å². The summed E-state index contributed by atoms with van der Waals surface area (Å²) in [5, 5.41) is 20.6. The zero-order valence-corrected chi connectivity index (χ0v) is 12.1. The van der Waals surface area contributed by atoms with Crippen LogP contribution in [0.4, 0.5) is 4.79 Å². The van der Waals surface area contributed by atoms with Gasteiger partial charge >= 0.3 is 6.03 Å². The minimum Gasteiger partial charge on any atom is -0.396 e. The molecule has 5 nitrogen and oxygen atoms in total. The monoisotopic (exact) mass is 287 g/mol. The van der Waals surface area contributed by atoms with E-state index in [1.165, 1.54) is 0 Å². The lowest BCUT2D eigenvalue weighted by atomic mass is 10.1. The van der Waals surface area contributed by atoms with E-state index in [4.69, 9.17) is 10.4 Å². The van der Waals surface area contributed by atoms with E-state index >= 15 is 0 Å². The summed E-state index contributed by atoms with van der Waals surface area (Å²) in [5.41, 5.74) is 1.53. The molecule has 0 aliphatic heterocycles. The predicted octanol–water partition coefficient (Wildman–Crippen LogP) is 2.00. The Hall–Kier alpha value is -2.06. The number of aliphatic hydroxyl groups excluding tert-OH is 1. The molecule has 0 spiro atoms. The number of rotatable bonds is 7. The molecule has 0 saturated heterocycles. The van der Waals surface area contributed by atoms with E-state index in [2.05, 4.69) is 11.4 Å². The highest BCUT2D eigenvalue weighted by molar-refractivity contribution is 5.74. The van der Waals surface area contributed by atoms with Gasteiger partial charge in [-0.15, -0.1) is 0 Å². The van der Waals surface area contributed by atoms with Crippen molar-refractivity contribution in [3.05, 3.63) is 35.4 Å². The maximum atomic E-state index is 12.2. The van der Waals surface area contributed by atoms with E-state index in [1.54, 1.807) is 12.1 Å². The van der Waals surface area contributed by atoms with E-state index in [0.29, 0.717) is 24.7 Å². The van der Waals surface area contributed by atoms with Crippen LogP contribution in [0, 0.1) is 11.3 Å². The number of nitrogens with one attached hydrogen (secondary N) is 1. The van der Waals surface area contributed by atoms with Gasteiger partial charge in [-0.25, -0.2) is 4.79 Å². The van der Waals surface area contributed by atoms with E-state index in [9.17, 15) is 4.79 Å². The largest absolute Gasteiger partial charge is 0.396 e. The topological polar surface area (TPSA) is 76.4 Å². The van der Waals surface area contributed by atoms with Crippen molar-refractivity contribution in [2.24, 2.45) is 0 Å². The smallest absolute Gasteiger partial charge is 0.317 e. The number of aliphatic hydroxyl groups is 1. The van der Waals surface area contributed by atoms with E-state index in [1.807, 2.05) is 17.0 Å². The van der Waals surface area contributed by atoms with Crippen molar-refractivity contribution in [1.29, 1.82) is 5.26 Å². The van der Waals surface area contributed by atoms with Gasteiger partial charge < -0.3 is 15.3 Å². The second kappa shape index (κ2) is 7.65. The minimum absolute atomic E-state index is 0.0576. The SMILES string of the molecule is N#Cc1cccc(CNC(=O)N(CCCCO)C2CC2)c1. The first kappa shape index (κ1) is 15.3.